The zero-order chi connectivity index (χ0) is 16.4. The maximum atomic E-state index is 12.9. The number of hydrogen-bond acceptors (Lipinski definition) is 5. The number of aromatic nitrogens is 2. The van der Waals surface area contributed by atoms with E-state index in [2.05, 4.69) is 10.3 Å². The molecule has 3 N–H and O–H groups in total. The molecule has 7 nitrogen and oxygen atoms in total. The van der Waals surface area contributed by atoms with Crippen molar-refractivity contribution in [2.45, 2.75) is 32.2 Å². The van der Waals surface area contributed by atoms with Crippen LogP contribution < -0.4 is 16.6 Å². The van der Waals surface area contributed by atoms with Crippen LogP contribution in [0, 0.1) is 12.3 Å². The second-order valence-corrected chi connectivity index (χ2v) is 6.33. The Hall–Kier alpha value is -2.70. The smallest absolute Gasteiger partial charge is 0.263 e. The van der Waals surface area contributed by atoms with Gasteiger partial charge in [0.1, 0.15) is 5.82 Å². The topological polar surface area (TPSA) is 107 Å². The maximum absolute atomic E-state index is 12.9. The third kappa shape index (κ3) is 1.82. The Morgan fingerprint density at radius 1 is 1.35 bits per heavy atom. The third-order valence-electron chi connectivity index (χ3n) is 4.99. The van der Waals surface area contributed by atoms with Gasteiger partial charge in [0.25, 0.3) is 5.56 Å². The fourth-order valence-corrected chi connectivity index (χ4v) is 3.65. The Kier molecular flexibility index (Phi) is 2.67. The van der Waals surface area contributed by atoms with Crippen molar-refractivity contribution in [1.29, 1.82) is 0 Å². The molecule has 2 unspecified atom stereocenters. The zero-order valence-electron chi connectivity index (χ0n) is 12.6. The van der Waals surface area contributed by atoms with E-state index in [1.165, 1.54) is 0 Å². The van der Waals surface area contributed by atoms with Gasteiger partial charge in [-0.2, -0.15) is 0 Å². The Morgan fingerprint density at radius 2 is 2.13 bits per heavy atom. The molecule has 1 aromatic carbocycles. The molecule has 7 heteroatoms. The lowest BCUT2D eigenvalue weighted by Gasteiger charge is -2.22. The minimum Gasteiger partial charge on any atom is -0.398 e. The number of hydrogen-bond donors (Lipinski definition) is 2. The molecular formula is C16H16N4O3. The molecule has 1 aliphatic carbocycles. The average molecular weight is 312 g/mol. The quantitative estimate of drug-likeness (QED) is 0.594. The number of carbonyl (C=O) groups excluding carboxylic acids is 2. The number of anilines is 1. The molecule has 4 rings (SSSR count). The van der Waals surface area contributed by atoms with Crippen LogP contribution in [-0.4, -0.2) is 21.4 Å². The summed E-state index contributed by atoms with van der Waals surface area (Å²) in [4.78, 5) is 40.9. The summed E-state index contributed by atoms with van der Waals surface area (Å²) in [7, 11) is 0. The van der Waals surface area contributed by atoms with E-state index in [-0.39, 0.29) is 23.4 Å². The number of aryl methyl sites for hydroxylation is 1. The molecule has 0 bridgehead atoms. The normalized spacial score (nSPS) is 26.6. The van der Waals surface area contributed by atoms with Crippen LogP contribution in [0.3, 0.4) is 0 Å². The van der Waals surface area contributed by atoms with Crippen LogP contribution in [0.15, 0.2) is 23.0 Å². The summed E-state index contributed by atoms with van der Waals surface area (Å²) in [6.07, 6.45) is 1.32. The van der Waals surface area contributed by atoms with Gasteiger partial charge in [-0.3, -0.25) is 24.3 Å². The van der Waals surface area contributed by atoms with Gasteiger partial charge in [0.2, 0.25) is 11.8 Å². The van der Waals surface area contributed by atoms with E-state index in [4.69, 9.17) is 5.73 Å². The summed E-state index contributed by atoms with van der Waals surface area (Å²) in [5.41, 5.74) is 5.98. The van der Waals surface area contributed by atoms with Crippen molar-refractivity contribution in [2.24, 2.45) is 5.41 Å². The Labute approximate surface area is 131 Å². The van der Waals surface area contributed by atoms with E-state index < -0.39 is 5.41 Å². The van der Waals surface area contributed by atoms with Crippen molar-refractivity contribution in [3.63, 3.8) is 0 Å². The number of benzene rings is 1. The number of fused-ring (bicyclic) bond motifs is 1. The zero-order valence-corrected chi connectivity index (χ0v) is 12.6. The largest absolute Gasteiger partial charge is 0.398 e. The van der Waals surface area contributed by atoms with Gasteiger partial charge < -0.3 is 5.73 Å². The van der Waals surface area contributed by atoms with Crippen LogP contribution in [0.1, 0.15) is 31.1 Å². The van der Waals surface area contributed by atoms with Gasteiger partial charge >= 0.3 is 0 Å². The molecule has 2 aromatic rings. The second-order valence-electron chi connectivity index (χ2n) is 6.33. The number of nitrogens with one attached hydrogen (secondary N) is 1. The monoisotopic (exact) mass is 312 g/mol. The lowest BCUT2D eigenvalue weighted by molar-refractivity contribution is -0.137. The third-order valence-corrected chi connectivity index (χ3v) is 4.99. The van der Waals surface area contributed by atoms with Gasteiger partial charge in [-0.15, -0.1) is 0 Å². The summed E-state index contributed by atoms with van der Waals surface area (Å²) in [5.74, 6) is 0.0158. The average Bonchev–Trinajstić information content (AvgIpc) is 3.18. The highest BCUT2D eigenvalue weighted by Crippen LogP contribution is 2.60. The van der Waals surface area contributed by atoms with Gasteiger partial charge in [-0.1, -0.05) is 6.07 Å². The van der Waals surface area contributed by atoms with Crippen molar-refractivity contribution in [2.75, 3.05) is 5.73 Å². The highest BCUT2D eigenvalue weighted by atomic mass is 16.2. The second kappa shape index (κ2) is 4.41. The van der Waals surface area contributed by atoms with E-state index in [1.54, 1.807) is 29.7 Å². The van der Waals surface area contributed by atoms with Crippen LogP contribution >= 0.6 is 0 Å². The molecule has 2 atom stereocenters. The van der Waals surface area contributed by atoms with Gasteiger partial charge in [0.15, 0.2) is 0 Å². The Bertz CT molecular complexity index is 933. The molecule has 1 saturated carbocycles. The standard InChI is InChI=1S/C16H16N4O3/c1-8-18-10-4-2-3-9(17)13(10)14(22)20(8)11-7-16(11)6-5-12(21)19-15(16)23/h2-4,11H,5-7,17H2,1H3,(H,19,21,23). The van der Waals surface area contributed by atoms with Gasteiger partial charge in [-0.25, -0.2) is 4.98 Å². The van der Waals surface area contributed by atoms with Crippen molar-refractivity contribution in [1.82, 2.24) is 14.9 Å². The molecule has 2 heterocycles. The van der Waals surface area contributed by atoms with Crippen LogP contribution in [0.2, 0.25) is 0 Å². The van der Waals surface area contributed by atoms with E-state index in [0.717, 1.165) is 0 Å². The SMILES string of the molecule is Cc1nc2cccc(N)c2c(=O)n1C1CC12CCC(=O)NC2=O. The van der Waals surface area contributed by atoms with Crippen molar-refractivity contribution in [3.8, 4) is 0 Å². The predicted molar refractivity (Wildman–Crippen MR) is 83.6 cm³/mol. The van der Waals surface area contributed by atoms with Crippen LogP contribution in [0.4, 0.5) is 5.69 Å². The fraction of sp³-hybridized carbons (Fsp3) is 0.375. The van der Waals surface area contributed by atoms with Crippen molar-refractivity contribution < 1.29 is 9.59 Å². The molecule has 1 saturated heterocycles. The van der Waals surface area contributed by atoms with E-state index in [0.29, 0.717) is 41.7 Å². The van der Waals surface area contributed by atoms with Crippen LogP contribution in [0.25, 0.3) is 10.9 Å². The summed E-state index contributed by atoms with van der Waals surface area (Å²) in [6.45, 7) is 1.75. The molecule has 1 aliphatic heterocycles. The van der Waals surface area contributed by atoms with Gasteiger partial charge in [0.05, 0.1) is 22.4 Å². The minimum absolute atomic E-state index is 0.225. The Morgan fingerprint density at radius 3 is 2.87 bits per heavy atom. The fourth-order valence-electron chi connectivity index (χ4n) is 3.65. The summed E-state index contributed by atoms with van der Waals surface area (Å²) >= 11 is 0. The number of nitrogens with two attached hydrogens (primary N) is 1. The van der Waals surface area contributed by atoms with Crippen molar-refractivity contribution >= 4 is 28.4 Å². The summed E-state index contributed by atoms with van der Waals surface area (Å²) in [5, 5.41) is 2.76. The van der Waals surface area contributed by atoms with E-state index in [1.807, 2.05) is 0 Å². The lowest BCUT2D eigenvalue weighted by atomic mass is 9.94. The first-order chi connectivity index (χ1) is 10.9. The first-order valence-corrected chi connectivity index (χ1v) is 7.56. The molecular weight excluding hydrogens is 296 g/mol. The van der Waals surface area contributed by atoms with E-state index >= 15 is 0 Å². The molecule has 0 radical (unpaired) electrons. The number of piperidine rings is 1. The molecule has 2 fully saturated rings. The number of imide groups is 1. The molecule has 2 aliphatic rings. The summed E-state index contributed by atoms with van der Waals surface area (Å²) < 4.78 is 1.56. The number of rotatable bonds is 1. The number of nitrogen functional groups attached to an aromatic ring is 1. The maximum Gasteiger partial charge on any atom is 0.263 e. The Balaban J connectivity index is 1.85. The number of nitrogens with zero attached hydrogens (tertiary/aromatic N) is 2. The van der Waals surface area contributed by atoms with Gasteiger partial charge in [-0.05, 0) is 31.9 Å². The first kappa shape index (κ1) is 13.9. The van der Waals surface area contributed by atoms with Crippen molar-refractivity contribution in [3.05, 3.63) is 34.4 Å². The molecule has 1 aromatic heterocycles. The molecule has 23 heavy (non-hydrogen) atoms. The molecule has 2 amide bonds. The number of carbonyl (C=O) groups is 2. The lowest BCUT2D eigenvalue weighted by Crippen LogP contribution is -2.43. The van der Waals surface area contributed by atoms with Crippen LogP contribution in [0.5, 0.6) is 0 Å². The van der Waals surface area contributed by atoms with Gasteiger partial charge in [0, 0.05) is 12.1 Å². The number of amides is 2. The first-order valence-electron chi connectivity index (χ1n) is 7.56. The minimum atomic E-state index is -0.665. The highest BCUT2D eigenvalue weighted by Gasteiger charge is 2.63. The predicted octanol–water partition coefficient (Wildman–Crippen LogP) is 0.655. The molecule has 1 spiro atoms. The van der Waals surface area contributed by atoms with Crippen LogP contribution in [-0.2, 0) is 9.59 Å². The molecule has 118 valence electrons. The summed E-state index contributed by atoms with van der Waals surface area (Å²) in [6, 6.07) is 4.91. The van der Waals surface area contributed by atoms with E-state index in [9.17, 15) is 14.4 Å². The highest BCUT2D eigenvalue weighted by molar-refractivity contribution is 6.02.